The van der Waals surface area contributed by atoms with Crippen molar-refractivity contribution >= 4 is 5.97 Å². The Kier molecular flexibility index (Phi) is 4.15. The Morgan fingerprint density at radius 3 is 2.44 bits per heavy atom. The van der Waals surface area contributed by atoms with Crippen LogP contribution in [0.4, 0.5) is 0 Å². The van der Waals surface area contributed by atoms with E-state index in [1.54, 1.807) is 12.1 Å². The summed E-state index contributed by atoms with van der Waals surface area (Å²) in [5.74, 6) is -0.875. The van der Waals surface area contributed by atoms with Gasteiger partial charge in [-0.3, -0.25) is 0 Å². The van der Waals surface area contributed by atoms with E-state index in [1.165, 1.54) is 5.57 Å². The van der Waals surface area contributed by atoms with E-state index in [0.29, 0.717) is 11.6 Å². The molecule has 3 nitrogen and oxygen atoms in total. The number of nitrogens with one attached hydrogen (secondary N) is 1. The molecule has 0 spiro atoms. The van der Waals surface area contributed by atoms with Crippen LogP contribution < -0.4 is 5.32 Å². The molecule has 2 N–H and O–H groups in total. The van der Waals surface area contributed by atoms with Crippen LogP contribution in [-0.4, -0.2) is 17.1 Å². The minimum Gasteiger partial charge on any atom is -0.478 e. The summed E-state index contributed by atoms with van der Waals surface area (Å²) in [6.07, 6.45) is 4.56. The van der Waals surface area contributed by atoms with Crippen molar-refractivity contribution in [1.29, 1.82) is 0 Å². The number of aromatic carboxylic acids is 1. The lowest BCUT2D eigenvalue weighted by Gasteiger charge is -2.24. The predicted molar refractivity (Wildman–Crippen MR) is 71.6 cm³/mol. The number of hydrogen-bond acceptors (Lipinski definition) is 2. The van der Waals surface area contributed by atoms with Gasteiger partial charge in [0.1, 0.15) is 0 Å². The van der Waals surface area contributed by atoms with Crippen molar-refractivity contribution in [3.63, 3.8) is 0 Å². The van der Waals surface area contributed by atoms with Gasteiger partial charge in [-0.05, 0) is 43.4 Å². The summed E-state index contributed by atoms with van der Waals surface area (Å²) in [5.41, 5.74) is 2.83. The molecular weight excluding hydrogens is 226 g/mol. The van der Waals surface area contributed by atoms with Gasteiger partial charge in [-0.1, -0.05) is 24.3 Å². The smallest absolute Gasteiger partial charge is 0.335 e. The summed E-state index contributed by atoms with van der Waals surface area (Å²) in [5, 5.41) is 12.3. The van der Waals surface area contributed by atoms with Crippen molar-refractivity contribution in [3.05, 3.63) is 47.5 Å². The van der Waals surface area contributed by atoms with Crippen LogP contribution in [0.25, 0.3) is 0 Å². The highest BCUT2D eigenvalue weighted by atomic mass is 16.4. The fourth-order valence-electron chi connectivity index (χ4n) is 2.26. The van der Waals surface area contributed by atoms with Crippen LogP contribution in [0.3, 0.4) is 0 Å². The second-order valence-corrected chi connectivity index (χ2v) is 4.91. The second-order valence-electron chi connectivity index (χ2n) is 4.91. The first kappa shape index (κ1) is 12.8. The van der Waals surface area contributed by atoms with Gasteiger partial charge in [0.25, 0.3) is 0 Å². The third-order valence-electron chi connectivity index (χ3n) is 3.49. The average molecular weight is 245 g/mol. The highest BCUT2D eigenvalue weighted by molar-refractivity contribution is 5.87. The van der Waals surface area contributed by atoms with Crippen LogP contribution in [0.2, 0.25) is 0 Å². The van der Waals surface area contributed by atoms with Gasteiger partial charge in [0, 0.05) is 12.6 Å². The fourth-order valence-corrected chi connectivity index (χ4v) is 2.26. The molecule has 3 heteroatoms. The summed E-state index contributed by atoms with van der Waals surface area (Å²) in [4.78, 5) is 10.7. The minimum absolute atomic E-state index is 0.340. The largest absolute Gasteiger partial charge is 0.478 e. The molecule has 0 aromatic heterocycles. The summed E-state index contributed by atoms with van der Waals surface area (Å²) in [7, 11) is 0. The van der Waals surface area contributed by atoms with Crippen LogP contribution in [0.1, 0.15) is 41.6 Å². The fraction of sp³-hybridized carbons (Fsp3) is 0.400. The van der Waals surface area contributed by atoms with Gasteiger partial charge in [-0.15, -0.1) is 0 Å². The maximum absolute atomic E-state index is 10.7. The van der Waals surface area contributed by atoms with E-state index in [9.17, 15) is 4.79 Å². The zero-order valence-corrected chi connectivity index (χ0v) is 10.5. The molecule has 1 saturated carbocycles. The first-order valence-corrected chi connectivity index (χ1v) is 6.37. The van der Waals surface area contributed by atoms with Crippen molar-refractivity contribution in [2.45, 2.75) is 38.3 Å². The highest BCUT2D eigenvalue weighted by Crippen LogP contribution is 2.22. The van der Waals surface area contributed by atoms with Gasteiger partial charge in [0.2, 0.25) is 0 Å². The molecule has 1 fully saturated rings. The van der Waals surface area contributed by atoms with Crippen molar-refractivity contribution in [1.82, 2.24) is 5.32 Å². The number of allylic oxidation sites excluding steroid dienone is 1. The van der Waals surface area contributed by atoms with Crippen LogP contribution in [-0.2, 0) is 6.54 Å². The summed E-state index contributed by atoms with van der Waals surface area (Å²) >= 11 is 0. The van der Waals surface area contributed by atoms with Crippen LogP contribution >= 0.6 is 0 Å². The monoisotopic (exact) mass is 245 g/mol. The SMILES string of the molecule is C=C1CCC(NCc2ccc(C(=O)O)cc2)CC1. The number of carboxylic acids is 1. The molecule has 1 aromatic carbocycles. The molecule has 96 valence electrons. The quantitative estimate of drug-likeness (QED) is 0.802. The average Bonchev–Trinajstić information content (AvgIpc) is 2.38. The Morgan fingerprint density at radius 2 is 1.89 bits per heavy atom. The van der Waals surface area contributed by atoms with Gasteiger partial charge in [0.15, 0.2) is 0 Å². The first-order chi connectivity index (χ1) is 8.65. The van der Waals surface area contributed by atoms with Crippen molar-refractivity contribution in [3.8, 4) is 0 Å². The van der Waals surface area contributed by atoms with Crippen LogP contribution in [0.5, 0.6) is 0 Å². The Labute approximate surface area is 108 Å². The topological polar surface area (TPSA) is 49.3 Å². The number of carboxylic acid groups (broad SMARTS) is 1. The molecule has 1 aliphatic rings. The molecule has 0 bridgehead atoms. The van der Waals surface area contributed by atoms with Gasteiger partial charge in [-0.25, -0.2) is 4.79 Å². The van der Waals surface area contributed by atoms with Crippen LogP contribution in [0, 0.1) is 0 Å². The number of benzene rings is 1. The van der Waals surface area contributed by atoms with Crippen molar-refractivity contribution in [2.75, 3.05) is 0 Å². The number of carbonyl (C=O) groups is 1. The summed E-state index contributed by atoms with van der Waals surface area (Å²) in [6.45, 7) is 4.81. The summed E-state index contributed by atoms with van der Waals surface area (Å²) in [6, 6.07) is 7.62. The summed E-state index contributed by atoms with van der Waals surface area (Å²) < 4.78 is 0. The molecule has 0 amide bonds. The Bertz CT molecular complexity index is 426. The lowest BCUT2D eigenvalue weighted by Crippen LogP contribution is -2.30. The lowest BCUT2D eigenvalue weighted by atomic mass is 9.92. The Hall–Kier alpha value is -1.61. The molecule has 0 radical (unpaired) electrons. The van der Waals surface area contributed by atoms with Gasteiger partial charge >= 0.3 is 5.97 Å². The van der Waals surface area contributed by atoms with Gasteiger partial charge in [-0.2, -0.15) is 0 Å². The minimum atomic E-state index is -0.875. The molecule has 2 rings (SSSR count). The normalized spacial score (nSPS) is 16.8. The zero-order valence-electron chi connectivity index (χ0n) is 10.5. The first-order valence-electron chi connectivity index (χ1n) is 6.37. The molecule has 0 aliphatic heterocycles. The molecule has 0 saturated heterocycles. The maximum atomic E-state index is 10.7. The highest BCUT2D eigenvalue weighted by Gasteiger charge is 2.14. The van der Waals surface area contributed by atoms with Gasteiger partial charge in [0.05, 0.1) is 5.56 Å². The Morgan fingerprint density at radius 1 is 1.28 bits per heavy atom. The predicted octanol–water partition coefficient (Wildman–Crippen LogP) is 2.97. The molecule has 0 unspecified atom stereocenters. The molecule has 1 aromatic rings. The molecule has 0 atom stereocenters. The van der Waals surface area contributed by atoms with E-state index >= 15 is 0 Å². The molecule has 1 aliphatic carbocycles. The van der Waals surface area contributed by atoms with E-state index in [1.807, 2.05) is 12.1 Å². The molecule has 0 heterocycles. The van der Waals surface area contributed by atoms with Crippen LogP contribution in [0.15, 0.2) is 36.4 Å². The van der Waals surface area contributed by atoms with E-state index in [4.69, 9.17) is 5.11 Å². The standard InChI is InChI=1S/C15H19NO2/c1-11-2-8-14(9-3-11)16-10-12-4-6-13(7-5-12)15(17)18/h4-7,14,16H,1-3,8-10H2,(H,17,18). The lowest BCUT2D eigenvalue weighted by molar-refractivity contribution is 0.0697. The molecule has 18 heavy (non-hydrogen) atoms. The van der Waals surface area contributed by atoms with E-state index < -0.39 is 5.97 Å². The van der Waals surface area contributed by atoms with Crippen molar-refractivity contribution < 1.29 is 9.90 Å². The zero-order chi connectivity index (χ0) is 13.0. The van der Waals surface area contributed by atoms with Crippen molar-refractivity contribution in [2.24, 2.45) is 0 Å². The number of rotatable bonds is 4. The third-order valence-corrected chi connectivity index (χ3v) is 3.49. The second kappa shape index (κ2) is 5.83. The van der Waals surface area contributed by atoms with Gasteiger partial charge < -0.3 is 10.4 Å². The maximum Gasteiger partial charge on any atom is 0.335 e. The van der Waals surface area contributed by atoms with E-state index in [-0.39, 0.29) is 0 Å². The van der Waals surface area contributed by atoms with E-state index in [0.717, 1.165) is 37.8 Å². The molecular formula is C15H19NO2. The van der Waals surface area contributed by atoms with E-state index in [2.05, 4.69) is 11.9 Å². The number of hydrogen-bond donors (Lipinski definition) is 2. The Balaban J connectivity index is 1.83. The third kappa shape index (κ3) is 3.44.